The molecule has 2 heterocycles. The highest BCUT2D eigenvalue weighted by Gasteiger charge is 2.30. The molecule has 1 aliphatic rings. The topological polar surface area (TPSA) is 27.2 Å². The SMILES string of the molecule is C[NH+](Cc1ccc(Cl)s1)Cn1nc(-c2ccccc2F)n(C2CC2)c1=S. The number of rotatable bonds is 6. The molecule has 0 aliphatic heterocycles. The maximum Gasteiger partial charge on any atom is 0.203 e. The molecule has 2 aromatic heterocycles. The van der Waals surface area contributed by atoms with E-state index in [1.165, 1.54) is 15.8 Å². The molecule has 1 atom stereocenters. The van der Waals surface area contributed by atoms with E-state index < -0.39 is 0 Å². The van der Waals surface area contributed by atoms with E-state index in [9.17, 15) is 4.39 Å². The van der Waals surface area contributed by atoms with Crippen LogP contribution in [0.4, 0.5) is 4.39 Å². The average Bonchev–Trinajstić information content (AvgIpc) is 3.28. The number of halogens is 2. The molecule has 1 saturated carbocycles. The summed E-state index contributed by atoms with van der Waals surface area (Å²) >= 11 is 13.3. The van der Waals surface area contributed by atoms with Gasteiger partial charge in [-0.3, -0.25) is 4.57 Å². The number of nitrogens with zero attached hydrogens (tertiary/aromatic N) is 3. The molecule has 1 aliphatic carbocycles. The van der Waals surface area contributed by atoms with E-state index >= 15 is 0 Å². The zero-order valence-electron chi connectivity index (χ0n) is 14.3. The van der Waals surface area contributed by atoms with Gasteiger partial charge in [0.05, 0.1) is 21.8 Å². The molecule has 4 rings (SSSR count). The van der Waals surface area contributed by atoms with E-state index in [1.807, 2.05) is 27.4 Å². The number of nitrogens with one attached hydrogen (secondary N) is 1. The lowest BCUT2D eigenvalue weighted by Gasteiger charge is -2.12. The van der Waals surface area contributed by atoms with Crippen molar-refractivity contribution in [3.05, 3.63) is 56.2 Å². The van der Waals surface area contributed by atoms with Crippen LogP contribution in [0.3, 0.4) is 0 Å². The average molecular weight is 410 g/mol. The smallest absolute Gasteiger partial charge is 0.203 e. The molecule has 26 heavy (non-hydrogen) atoms. The van der Waals surface area contributed by atoms with Crippen molar-refractivity contribution in [2.75, 3.05) is 7.05 Å². The molecule has 1 N–H and O–H groups in total. The third-order valence-corrected chi connectivity index (χ3v) is 6.06. The van der Waals surface area contributed by atoms with Gasteiger partial charge in [-0.2, -0.15) is 4.68 Å². The second-order valence-electron chi connectivity index (χ2n) is 6.68. The number of quaternary nitrogens is 1. The van der Waals surface area contributed by atoms with Crippen LogP contribution in [0.1, 0.15) is 23.8 Å². The van der Waals surface area contributed by atoms with Crippen molar-refractivity contribution in [1.82, 2.24) is 14.3 Å². The van der Waals surface area contributed by atoms with Crippen molar-refractivity contribution in [2.45, 2.75) is 32.1 Å². The van der Waals surface area contributed by atoms with Gasteiger partial charge in [-0.25, -0.2) is 4.39 Å². The third-order valence-electron chi connectivity index (χ3n) is 4.42. The summed E-state index contributed by atoms with van der Waals surface area (Å²) in [7, 11) is 2.09. The van der Waals surface area contributed by atoms with Crippen LogP contribution >= 0.6 is 35.2 Å². The molecule has 0 amide bonds. The first-order valence-electron chi connectivity index (χ1n) is 8.52. The summed E-state index contributed by atoms with van der Waals surface area (Å²) in [6, 6.07) is 11.0. The van der Waals surface area contributed by atoms with Crippen LogP contribution < -0.4 is 4.90 Å². The van der Waals surface area contributed by atoms with Gasteiger partial charge in [-0.1, -0.05) is 23.7 Å². The fourth-order valence-corrected chi connectivity index (χ4v) is 4.61. The Morgan fingerprint density at radius 2 is 2.08 bits per heavy atom. The maximum absolute atomic E-state index is 14.3. The molecule has 0 radical (unpaired) electrons. The molecule has 1 fully saturated rings. The van der Waals surface area contributed by atoms with Gasteiger partial charge < -0.3 is 4.90 Å². The lowest BCUT2D eigenvalue weighted by Crippen LogP contribution is -3.06. The van der Waals surface area contributed by atoms with E-state index in [1.54, 1.807) is 23.5 Å². The predicted octanol–water partition coefficient (Wildman–Crippen LogP) is 3.94. The molecule has 3 aromatic rings. The highest BCUT2D eigenvalue weighted by atomic mass is 35.5. The van der Waals surface area contributed by atoms with Gasteiger partial charge >= 0.3 is 0 Å². The number of benzene rings is 1. The van der Waals surface area contributed by atoms with Crippen LogP contribution in [0.5, 0.6) is 0 Å². The molecule has 4 nitrogen and oxygen atoms in total. The van der Waals surface area contributed by atoms with E-state index in [0.717, 1.165) is 23.7 Å². The van der Waals surface area contributed by atoms with Crippen molar-refractivity contribution in [1.29, 1.82) is 0 Å². The first-order valence-corrected chi connectivity index (χ1v) is 10.1. The summed E-state index contributed by atoms with van der Waals surface area (Å²) in [5.74, 6) is 0.359. The van der Waals surface area contributed by atoms with E-state index in [0.29, 0.717) is 28.9 Å². The summed E-state index contributed by atoms with van der Waals surface area (Å²) in [6.45, 7) is 1.46. The van der Waals surface area contributed by atoms with E-state index in [4.69, 9.17) is 23.8 Å². The Morgan fingerprint density at radius 3 is 2.73 bits per heavy atom. The molecular formula is C18H19ClFN4S2+. The van der Waals surface area contributed by atoms with Crippen molar-refractivity contribution < 1.29 is 9.29 Å². The molecule has 0 bridgehead atoms. The zero-order valence-corrected chi connectivity index (χ0v) is 16.7. The fraction of sp³-hybridized carbons (Fsp3) is 0.333. The summed E-state index contributed by atoms with van der Waals surface area (Å²) in [6.07, 6.45) is 2.13. The second-order valence-corrected chi connectivity index (χ2v) is 8.85. The van der Waals surface area contributed by atoms with Gasteiger partial charge in [0.15, 0.2) is 12.5 Å². The van der Waals surface area contributed by atoms with Crippen LogP contribution in [0.25, 0.3) is 11.4 Å². The summed E-state index contributed by atoms with van der Waals surface area (Å²) in [5.41, 5.74) is 0.506. The molecule has 136 valence electrons. The normalized spacial score (nSPS) is 15.3. The molecule has 1 unspecified atom stereocenters. The monoisotopic (exact) mass is 409 g/mol. The quantitative estimate of drug-likeness (QED) is 0.624. The number of thiophene rings is 1. The Morgan fingerprint density at radius 1 is 1.31 bits per heavy atom. The summed E-state index contributed by atoms with van der Waals surface area (Å²) in [5, 5.41) is 4.68. The number of hydrogen-bond acceptors (Lipinski definition) is 3. The van der Waals surface area contributed by atoms with Gasteiger partial charge in [-0.15, -0.1) is 16.4 Å². The Bertz CT molecular complexity index is 989. The number of aromatic nitrogens is 3. The van der Waals surface area contributed by atoms with Gasteiger partial charge in [0.2, 0.25) is 4.77 Å². The van der Waals surface area contributed by atoms with E-state index in [2.05, 4.69) is 12.1 Å². The molecule has 8 heteroatoms. The Kier molecular flexibility index (Phi) is 4.96. The molecule has 0 spiro atoms. The van der Waals surface area contributed by atoms with Crippen molar-refractivity contribution in [3.63, 3.8) is 0 Å². The van der Waals surface area contributed by atoms with Gasteiger partial charge in [0, 0.05) is 6.04 Å². The maximum atomic E-state index is 14.3. The summed E-state index contributed by atoms with van der Waals surface area (Å²) in [4.78, 5) is 2.45. The number of hydrogen-bond donors (Lipinski definition) is 1. The minimum atomic E-state index is -0.268. The van der Waals surface area contributed by atoms with Crippen molar-refractivity contribution in [3.8, 4) is 11.4 Å². The minimum absolute atomic E-state index is 0.268. The van der Waals surface area contributed by atoms with E-state index in [-0.39, 0.29) is 5.82 Å². The first-order chi connectivity index (χ1) is 12.5. The second kappa shape index (κ2) is 7.23. The van der Waals surface area contributed by atoms with Crippen molar-refractivity contribution >= 4 is 35.2 Å². The van der Waals surface area contributed by atoms with Crippen LogP contribution in [0, 0.1) is 10.6 Å². The van der Waals surface area contributed by atoms with Crippen LogP contribution in [-0.2, 0) is 13.2 Å². The van der Waals surface area contributed by atoms with Gasteiger partial charge in [-0.05, 0) is 49.3 Å². The highest BCUT2D eigenvalue weighted by Crippen LogP contribution is 2.38. The van der Waals surface area contributed by atoms with Crippen LogP contribution in [0.15, 0.2) is 36.4 Å². The third kappa shape index (κ3) is 3.62. The lowest BCUT2D eigenvalue weighted by molar-refractivity contribution is -0.917. The summed E-state index contributed by atoms with van der Waals surface area (Å²) < 4.78 is 19.6. The Hall–Kier alpha value is -1.54. The Labute approximate surface area is 165 Å². The largest absolute Gasteiger partial charge is 0.314 e. The van der Waals surface area contributed by atoms with Crippen molar-refractivity contribution in [2.24, 2.45) is 0 Å². The fourth-order valence-electron chi connectivity index (χ4n) is 3.07. The lowest BCUT2D eigenvalue weighted by atomic mass is 10.2. The van der Waals surface area contributed by atoms with Gasteiger partial charge in [0.25, 0.3) is 0 Å². The molecule has 1 aromatic carbocycles. The molecular weight excluding hydrogens is 391 g/mol. The van der Waals surface area contributed by atoms with Crippen LogP contribution in [-0.4, -0.2) is 21.4 Å². The standard InChI is InChI=1S/C18H18ClFN4S2/c1-22(10-13-8-9-16(19)26-13)11-23-18(25)24(12-6-7-12)17(21-23)14-4-2-3-5-15(14)20/h2-5,8-9,12H,6-7,10-11H2,1H3/p+1. The predicted molar refractivity (Wildman–Crippen MR) is 105 cm³/mol. The van der Waals surface area contributed by atoms with Crippen LogP contribution in [0.2, 0.25) is 4.34 Å². The first kappa shape index (κ1) is 17.9. The highest BCUT2D eigenvalue weighted by molar-refractivity contribution is 7.71. The Balaban J connectivity index is 1.64. The zero-order chi connectivity index (χ0) is 18.3. The molecule has 0 saturated heterocycles. The van der Waals surface area contributed by atoms with Gasteiger partial charge in [0.1, 0.15) is 12.4 Å². The minimum Gasteiger partial charge on any atom is -0.314 e.